The van der Waals surface area contributed by atoms with Gasteiger partial charge in [0.15, 0.2) is 0 Å². The van der Waals surface area contributed by atoms with Gasteiger partial charge in [0, 0.05) is 17.9 Å². The summed E-state index contributed by atoms with van der Waals surface area (Å²) in [7, 11) is 0. The summed E-state index contributed by atoms with van der Waals surface area (Å²) in [5, 5.41) is 13.5. The molecule has 1 aliphatic heterocycles. The number of nitrogens with two attached hydrogens (primary N) is 1. The number of nitrogens with one attached hydrogen (secondary N) is 5. The van der Waals surface area contributed by atoms with E-state index < -0.39 is 66.1 Å². The predicted molar refractivity (Wildman–Crippen MR) is 190 cm³/mol. The number of urea groups is 1. The Morgan fingerprint density at radius 3 is 2.27 bits per heavy atom. The topological polar surface area (TPSA) is 218 Å². The molecule has 0 aliphatic carbocycles. The second-order valence-corrected chi connectivity index (χ2v) is 12.9. The number of hydrogen-bond acceptors (Lipinski definition) is 8. The van der Waals surface area contributed by atoms with E-state index in [-0.39, 0.29) is 31.9 Å². The minimum absolute atomic E-state index is 0.0330. The molecular formula is C36H49N7O8. The van der Waals surface area contributed by atoms with Gasteiger partial charge in [-0.2, -0.15) is 0 Å². The molecule has 0 bridgehead atoms. The number of aryl methyl sites for hydroxylation is 1. The minimum Gasteiger partial charge on any atom is -0.466 e. The number of anilines is 2. The number of benzene rings is 2. The van der Waals surface area contributed by atoms with Gasteiger partial charge in [-0.25, -0.2) is 4.79 Å². The van der Waals surface area contributed by atoms with Gasteiger partial charge in [0.05, 0.1) is 26.0 Å². The number of carbonyl (C=O) groups is 7. The number of likely N-dealkylation sites (tertiary alicyclic amines) is 1. The van der Waals surface area contributed by atoms with Crippen molar-refractivity contribution in [3.05, 3.63) is 59.7 Å². The standard InChI is InChI=1S/C36H49N7O8/c1-5-51-32(46)20-29(34(48)40-27-12-8-9-17-43(35(27)49)21-30(37)44)41-33(47)28(18-22(2)3)39-31(45)19-24-13-15-25(16-14-24)38-36(50)42-26-11-7-6-10-23(26)4/h6-7,10-11,13-16,22,27-29H,5,8-9,12,17-21H2,1-4H3,(H2,37,44)(H,39,45)(H,40,48)(H,41,47)(H2,38,42,50)/t27?,28-,29-/m0/s1. The molecule has 3 rings (SSSR count). The van der Waals surface area contributed by atoms with Crippen LogP contribution in [0.3, 0.4) is 0 Å². The number of para-hydroxylation sites is 1. The van der Waals surface area contributed by atoms with Gasteiger partial charge in [-0.15, -0.1) is 0 Å². The van der Waals surface area contributed by atoms with Crippen LogP contribution in [-0.4, -0.2) is 84.3 Å². The summed E-state index contributed by atoms with van der Waals surface area (Å²) < 4.78 is 5.02. The molecule has 2 aromatic rings. The number of nitrogens with zero attached hydrogens (tertiary/aromatic N) is 1. The van der Waals surface area contributed by atoms with Crippen molar-refractivity contribution in [2.45, 2.75) is 84.3 Å². The minimum atomic E-state index is -1.41. The molecule has 7 amide bonds. The smallest absolute Gasteiger partial charge is 0.323 e. The molecule has 51 heavy (non-hydrogen) atoms. The zero-order valence-electron chi connectivity index (χ0n) is 29.6. The molecule has 0 saturated carbocycles. The van der Waals surface area contributed by atoms with Crippen LogP contribution in [0.2, 0.25) is 0 Å². The van der Waals surface area contributed by atoms with E-state index in [0.717, 1.165) is 5.56 Å². The molecule has 0 aromatic heterocycles. The third-order valence-corrected chi connectivity index (χ3v) is 8.08. The highest BCUT2D eigenvalue weighted by atomic mass is 16.5. The quantitative estimate of drug-likeness (QED) is 0.142. The van der Waals surface area contributed by atoms with Crippen LogP contribution in [-0.2, 0) is 39.9 Å². The molecule has 276 valence electrons. The first-order chi connectivity index (χ1) is 24.2. The van der Waals surface area contributed by atoms with Gasteiger partial charge in [0.2, 0.25) is 29.5 Å². The third-order valence-electron chi connectivity index (χ3n) is 8.08. The van der Waals surface area contributed by atoms with E-state index in [1.807, 2.05) is 39.0 Å². The second kappa shape index (κ2) is 19.6. The molecule has 15 heteroatoms. The SMILES string of the molecule is CCOC(=O)C[C@H](NC(=O)[C@H](CC(C)C)NC(=O)Cc1ccc(NC(=O)Nc2ccccc2C)cc1)C(=O)NC1CCCCN(CC(N)=O)C1=O. The van der Waals surface area contributed by atoms with Crippen LogP contribution in [0.25, 0.3) is 0 Å². The lowest BCUT2D eigenvalue weighted by Crippen LogP contribution is -2.57. The third kappa shape index (κ3) is 13.4. The number of rotatable bonds is 16. The molecule has 3 atom stereocenters. The summed E-state index contributed by atoms with van der Waals surface area (Å²) in [6.45, 7) is 7.28. The first-order valence-corrected chi connectivity index (χ1v) is 17.1. The Kier molecular flexibility index (Phi) is 15.4. The van der Waals surface area contributed by atoms with Crippen molar-refractivity contribution in [1.82, 2.24) is 20.9 Å². The average molecular weight is 708 g/mol. The van der Waals surface area contributed by atoms with Crippen molar-refractivity contribution in [1.29, 1.82) is 0 Å². The first kappa shape index (κ1) is 40.0. The Labute approximate surface area is 297 Å². The van der Waals surface area contributed by atoms with E-state index in [2.05, 4.69) is 26.6 Å². The second-order valence-electron chi connectivity index (χ2n) is 12.9. The Bertz CT molecular complexity index is 1560. The molecular weight excluding hydrogens is 658 g/mol. The van der Waals surface area contributed by atoms with E-state index in [1.54, 1.807) is 37.3 Å². The lowest BCUT2D eigenvalue weighted by Gasteiger charge is -2.27. The maximum atomic E-state index is 13.6. The maximum Gasteiger partial charge on any atom is 0.323 e. The van der Waals surface area contributed by atoms with Crippen LogP contribution in [0, 0.1) is 12.8 Å². The van der Waals surface area contributed by atoms with Crippen molar-refractivity contribution >= 4 is 52.9 Å². The number of amides is 7. The summed E-state index contributed by atoms with van der Waals surface area (Å²) >= 11 is 0. The van der Waals surface area contributed by atoms with E-state index in [4.69, 9.17) is 10.5 Å². The van der Waals surface area contributed by atoms with Gasteiger partial charge in [0.1, 0.15) is 18.1 Å². The number of ether oxygens (including phenoxy) is 1. The number of primary amides is 1. The zero-order chi connectivity index (χ0) is 37.5. The summed E-state index contributed by atoms with van der Waals surface area (Å²) in [5.74, 6) is -3.88. The average Bonchev–Trinajstić information content (AvgIpc) is 3.22. The maximum absolute atomic E-state index is 13.6. The van der Waals surface area contributed by atoms with Crippen LogP contribution in [0.15, 0.2) is 48.5 Å². The molecule has 2 aromatic carbocycles. The number of carbonyl (C=O) groups excluding carboxylic acids is 7. The monoisotopic (exact) mass is 707 g/mol. The fraction of sp³-hybridized carbons (Fsp3) is 0.472. The predicted octanol–water partition coefficient (Wildman–Crippen LogP) is 2.13. The summed E-state index contributed by atoms with van der Waals surface area (Å²) in [6.07, 6.45) is 1.14. The van der Waals surface area contributed by atoms with Crippen molar-refractivity contribution in [3.63, 3.8) is 0 Å². The van der Waals surface area contributed by atoms with E-state index in [9.17, 15) is 33.6 Å². The molecule has 15 nitrogen and oxygen atoms in total. The van der Waals surface area contributed by atoms with Crippen molar-refractivity contribution in [2.24, 2.45) is 11.7 Å². The first-order valence-electron chi connectivity index (χ1n) is 17.1. The Balaban J connectivity index is 1.65. The van der Waals surface area contributed by atoms with E-state index in [1.165, 1.54) is 4.90 Å². The normalized spacial score (nSPS) is 15.5. The summed E-state index contributed by atoms with van der Waals surface area (Å²) in [4.78, 5) is 90.9. The van der Waals surface area contributed by atoms with Gasteiger partial charge in [-0.3, -0.25) is 28.8 Å². The molecule has 1 aliphatic rings. The largest absolute Gasteiger partial charge is 0.466 e. The molecule has 1 heterocycles. The zero-order valence-corrected chi connectivity index (χ0v) is 29.6. The van der Waals surface area contributed by atoms with Crippen LogP contribution in [0.5, 0.6) is 0 Å². The molecule has 1 unspecified atom stereocenters. The Morgan fingerprint density at radius 1 is 0.922 bits per heavy atom. The molecule has 1 fully saturated rings. The number of esters is 1. The highest BCUT2D eigenvalue weighted by molar-refractivity contribution is 6.00. The van der Waals surface area contributed by atoms with E-state index >= 15 is 0 Å². The Morgan fingerprint density at radius 2 is 1.63 bits per heavy atom. The van der Waals surface area contributed by atoms with Gasteiger partial charge in [-0.05, 0) is 74.8 Å². The Hall–Kier alpha value is -5.47. The van der Waals surface area contributed by atoms with Crippen LogP contribution < -0.4 is 32.3 Å². The molecule has 0 spiro atoms. The van der Waals surface area contributed by atoms with Crippen LogP contribution in [0.4, 0.5) is 16.2 Å². The van der Waals surface area contributed by atoms with Crippen LogP contribution in [0.1, 0.15) is 64.0 Å². The van der Waals surface area contributed by atoms with Crippen molar-refractivity contribution in [2.75, 3.05) is 30.3 Å². The highest BCUT2D eigenvalue weighted by Crippen LogP contribution is 2.16. The summed E-state index contributed by atoms with van der Waals surface area (Å²) in [6, 6.07) is 10.2. The lowest BCUT2D eigenvalue weighted by atomic mass is 10.0. The van der Waals surface area contributed by atoms with E-state index in [0.29, 0.717) is 42.7 Å². The fourth-order valence-corrected chi connectivity index (χ4v) is 5.56. The molecule has 7 N–H and O–H groups in total. The summed E-state index contributed by atoms with van der Waals surface area (Å²) in [5.41, 5.74) is 8.02. The van der Waals surface area contributed by atoms with Gasteiger partial charge in [-0.1, -0.05) is 44.2 Å². The van der Waals surface area contributed by atoms with Crippen LogP contribution >= 0.6 is 0 Å². The fourth-order valence-electron chi connectivity index (χ4n) is 5.56. The van der Waals surface area contributed by atoms with Crippen molar-refractivity contribution < 1.29 is 38.3 Å². The van der Waals surface area contributed by atoms with Crippen molar-refractivity contribution in [3.8, 4) is 0 Å². The highest BCUT2D eigenvalue weighted by Gasteiger charge is 2.34. The number of hydrogen-bond donors (Lipinski definition) is 6. The van der Waals surface area contributed by atoms with Gasteiger partial charge in [0.25, 0.3) is 0 Å². The molecule has 0 radical (unpaired) electrons. The lowest BCUT2D eigenvalue weighted by molar-refractivity contribution is -0.146. The van der Waals surface area contributed by atoms with Gasteiger partial charge >= 0.3 is 12.0 Å². The molecule has 1 saturated heterocycles. The van der Waals surface area contributed by atoms with Gasteiger partial charge < -0.3 is 42.0 Å².